The quantitative estimate of drug-likeness (QED) is 0.443. The third-order valence-electron chi connectivity index (χ3n) is 3.77. The number of alkyl halides is 3. The average Bonchev–Trinajstić information content (AvgIpc) is 3.04. The van der Waals surface area contributed by atoms with E-state index in [9.17, 15) is 13.2 Å². The Morgan fingerprint density at radius 3 is 2.67 bits per heavy atom. The Balaban J connectivity index is 1.62. The van der Waals surface area contributed by atoms with Gasteiger partial charge in [0.15, 0.2) is 0 Å². The molecule has 1 heterocycles. The van der Waals surface area contributed by atoms with Gasteiger partial charge in [0.1, 0.15) is 0 Å². The van der Waals surface area contributed by atoms with E-state index in [1.54, 1.807) is 5.38 Å². The molecule has 0 saturated carbocycles. The highest BCUT2D eigenvalue weighted by Gasteiger charge is 2.30. The van der Waals surface area contributed by atoms with E-state index in [-0.39, 0.29) is 0 Å². The summed E-state index contributed by atoms with van der Waals surface area (Å²) < 4.78 is 37.7. The van der Waals surface area contributed by atoms with Crippen LogP contribution in [0.2, 0.25) is 0 Å². The molecule has 1 aliphatic rings. The van der Waals surface area contributed by atoms with Crippen LogP contribution in [0.5, 0.6) is 0 Å². The number of nitrogens with zero attached hydrogens (tertiary/aromatic N) is 2. The molecule has 1 aromatic carbocycles. The Morgan fingerprint density at radius 1 is 1.21 bits per heavy atom. The Labute approximate surface area is 141 Å². The van der Waals surface area contributed by atoms with Gasteiger partial charge in [0.05, 0.1) is 11.3 Å². The van der Waals surface area contributed by atoms with Gasteiger partial charge in [-0.15, -0.1) is 11.3 Å². The first kappa shape index (κ1) is 16.7. The average molecular weight is 351 g/mol. The zero-order valence-corrected chi connectivity index (χ0v) is 13.6. The highest BCUT2D eigenvalue weighted by Crippen LogP contribution is 2.31. The molecule has 1 atom stereocenters. The molecule has 24 heavy (non-hydrogen) atoms. The Kier molecular flexibility index (Phi) is 4.99. The summed E-state index contributed by atoms with van der Waals surface area (Å²) in [5.41, 5.74) is 3.51. The van der Waals surface area contributed by atoms with Crippen LogP contribution in [0, 0.1) is 5.92 Å². The van der Waals surface area contributed by atoms with E-state index in [1.165, 1.54) is 23.5 Å². The minimum Gasteiger partial charge on any atom is -0.253 e. The maximum absolute atomic E-state index is 12.6. The summed E-state index contributed by atoms with van der Waals surface area (Å²) in [5, 5.41) is 6.62. The van der Waals surface area contributed by atoms with Crippen molar-refractivity contribution in [2.45, 2.75) is 25.4 Å². The molecule has 1 aromatic heterocycles. The number of hydrazone groups is 1. The standard InChI is InChI=1S/C17H16F3N3S/c18-17(19,20)14-8-6-13(7-9-14)15-11-24-16(22-15)23-21-10-12-4-2-1-3-5-12/h1-2,6-12H,3-5H2,(H,22,23). The van der Waals surface area contributed by atoms with Crippen molar-refractivity contribution >= 4 is 22.7 Å². The third kappa shape index (κ3) is 4.23. The van der Waals surface area contributed by atoms with Gasteiger partial charge in [0.25, 0.3) is 0 Å². The first-order valence-corrected chi connectivity index (χ1v) is 8.48. The van der Waals surface area contributed by atoms with Crippen LogP contribution < -0.4 is 5.43 Å². The summed E-state index contributed by atoms with van der Waals surface area (Å²) in [6.45, 7) is 0. The largest absolute Gasteiger partial charge is 0.416 e. The Hall–Kier alpha value is -2.15. The predicted octanol–water partition coefficient (Wildman–Crippen LogP) is 5.58. The molecule has 126 valence electrons. The summed E-state index contributed by atoms with van der Waals surface area (Å²) in [5.74, 6) is 0.442. The number of benzene rings is 1. The van der Waals surface area contributed by atoms with Gasteiger partial charge < -0.3 is 0 Å². The highest BCUT2D eigenvalue weighted by atomic mass is 32.1. The number of allylic oxidation sites excluding steroid dienone is 2. The van der Waals surface area contributed by atoms with Crippen molar-refractivity contribution in [2.24, 2.45) is 11.0 Å². The molecule has 3 nitrogen and oxygen atoms in total. The molecule has 2 aromatic rings. The minimum absolute atomic E-state index is 0.442. The van der Waals surface area contributed by atoms with Crippen LogP contribution in [-0.2, 0) is 6.18 Å². The van der Waals surface area contributed by atoms with E-state index >= 15 is 0 Å². The first-order valence-electron chi connectivity index (χ1n) is 7.60. The zero-order chi connectivity index (χ0) is 17.0. The van der Waals surface area contributed by atoms with Gasteiger partial charge in [-0.2, -0.15) is 18.3 Å². The Morgan fingerprint density at radius 2 is 2.00 bits per heavy atom. The second kappa shape index (κ2) is 7.17. The van der Waals surface area contributed by atoms with Crippen LogP contribution in [0.15, 0.2) is 46.9 Å². The molecule has 0 radical (unpaired) electrons. The molecule has 1 N–H and O–H groups in total. The molecule has 0 aliphatic heterocycles. The lowest BCUT2D eigenvalue weighted by molar-refractivity contribution is -0.137. The van der Waals surface area contributed by atoms with Crippen LogP contribution in [0.1, 0.15) is 24.8 Å². The smallest absolute Gasteiger partial charge is 0.253 e. The van der Waals surface area contributed by atoms with Crippen LogP contribution in [0.25, 0.3) is 11.3 Å². The van der Waals surface area contributed by atoms with E-state index < -0.39 is 11.7 Å². The minimum atomic E-state index is -4.32. The lowest BCUT2D eigenvalue weighted by atomic mass is 9.96. The number of anilines is 1. The number of thiazole rings is 1. The first-order chi connectivity index (χ1) is 11.5. The van der Waals surface area contributed by atoms with Gasteiger partial charge in [0.2, 0.25) is 5.13 Å². The lowest BCUT2D eigenvalue weighted by Gasteiger charge is -2.11. The monoisotopic (exact) mass is 351 g/mol. The fourth-order valence-corrected chi connectivity index (χ4v) is 3.11. The van der Waals surface area contributed by atoms with E-state index in [4.69, 9.17) is 0 Å². The van der Waals surface area contributed by atoms with Gasteiger partial charge in [-0.1, -0.05) is 24.3 Å². The third-order valence-corrected chi connectivity index (χ3v) is 4.51. The van der Waals surface area contributed by atoms with Crippen molar-refractivity contribution in [1.82, 2.24) is 4.98 Å². The normalized spacial score (nSPS) is 18.2. The van der Waals surface area contributed by atoms with E-state index in [2.05, 4.69) is 27.7 Å². The van der Waals surface area contributed by atoms with Gasteiger partial charge in [-0.3, -0.25) is 5.43 Å². The van der Waals surface area contributed by atoms with Crippen molar-refractivity contribution < 1.29 is 13.2 Å². The van der Waals surface area contributed by atoms with Gasteiger partial charge in [0, 0.05) is 17.2 Å². The maximum atomic E-state index is 12.6. The molecular formula is C17H16F3N3S. The van der Waals surface area contributed by atoms with Crippen molar-refractivity contribution in [3.63, 3.8) is 0 Å². The van der Waals surface area contributed by atoms with Crippen molar-refractivity contribution in [2.75, 3.05) is 5.43 Å². The molecule has 1 aliphatic carbocycles. The second-order valence-corrected chi connectivity index (χ2v) is 6.41. The molecular weight excluding hydrogens is 335 g/mol. The van der Waals surface area contributed by atoms with Gasteiger partial charge in [-0.25, -0.2) is 4.98 Å². The molecule has 0 fully saturated rings. The molecule has 0 saturated heterocycles. The van der Waals surface area contributed by atoms with Crippen LogP contribution in [0.3, 0.4) is 0 Å². The molecule has 1 unspecified atom stereocenters. The van der Waals surface area contributed by atoms with E-state index in [0.717, 1.165) is 31.4 Å². The van der Waals surface area contributed by atoms with Crippen LogP contribution in [0.4, 0.5) is 18.3 Å². The Bertz CT molecular complexity index is 732. The molecule has 0 spiro atoms. The van der Waals surface area contributed by atoms with Crippen LogP contribution >= 0.6 is 11.3 Å². The van der Waals surface area contributed by atoms with Crippen molar-refractivity contribution in [3.8, 4) is 11.3 Å². The summed E-state index contributed by atoms with van der Waals surface area (Å²) in [6.07, 6.45) is 5.07. The molecule has 0 amide bonds. The van der Waals surface area contributed by atoms with Crippen LogP contribution in [-0.4, -0.2) is 11.2 Å². The predicted molar refractivity (Wildman–Crippen MR) is 91.1 cm³/mol. The number of hydrogen-bond acceptors (Lipinski definition) is 4. The number of aromatic nitrogens is 1. The van der Waals surface area contributed by atoms with Crippen molar-refractivity contribution in [1.29, 1.82) is 0 Å². The number of rotatable bonds is 4. The van der Waals surface area contributed by atoms with Gasteiger partial charge in [-0.05, 0) is 37.3 Å². The fraction of sp³-hybridized carbons (Fsp3) is 0.294. The van der Waals surface area contributed by atoms with Gasteiger partial charge >= 0.3 is 6.18 Å². The SMILES string of the molecule is FC(F)(F)c1ccc(-c2csc(NN=CC3CC=CCC3)n2)cc1. The number of halogens is 3. The van der Waals surface area contributed by atoms with E-state index in [1.807, 2.05) is 6.21 Å². The summed E-state index contributed by atoms with van der Waals surface area (Å²) in [4.78, 5) is 4.35. The fourth-order valence-electron chi connectivity index (χ4n) is 2.44. The summed E-state index contributed by atoms with van der Waals surface area (Å²) in [6, 6.07) is 4.99. The summed E-state index contributed by atoms with van der Waals surface area (Å²) in [7, 11) is 0. The topological polar surface area (TPSA) is 37.3 Å². The molecule has 0 bridgehead atoms. The second-order valence-electron chi connectivity index (χ2n) is 5.55. The molecule has 3 rings (SSSR count). The van der Waals surface area contributed by atoms with E-state index in [0.29, 0.717) is 22.3 Å². The zero-order valence-electron chi connectivity index (χ0n) is 12.8. The summed E-state index contributed by atoms with van der Waals surface area (Å²) >= 11 is 1.37. The number of nitrogens with one attached hydrogen (secondary N) is 1. The highest BCUT2D eigenvalue weighted by molar-refractivity contribution is 7.14. The maximum Gasteiger partial charge on any atom is 0.416 e. The van der Waals surface area contributed by atoms with Crippen molar-refractivity contribution in [3.05, 3.63) is 47.4 Å². The molecule has 7 heteroatoms. The lowest BCUT2D eigenvalue weighted by Crippen LogP contribution is -2.05. The number of hydrogen-bond donors (Lipinski definition) is 1.